The maximum atomic E-state index is 11.0. The van der Waals surface area contributed by atoms with Crippen molar-refractivity contribution in [1.29, 1.82) is 0 Å². The SMILES string of the molecule is CC1=C(C(=O)O)C(C)(C(=O)O)C=CC1. The predicted octanol–water partition coefficient (Wildman–Crippen LogP) is 1.44. The molecule has 4 nitrogen and oxygen atoms in total. The Balaban J connectivity index is 3.30. The van der Waals surface area contributed by atoms with E-state index in [4.69, 9.17) is 10.2 Å². The molecule has 0 heterocycles. The van der Waals surface area contributed by atoms with E-state index < -0.39 is 17.4 Å². The Bertz CT molecular complexity index is 351. The summed E-state index contributed by atoms with van der Waals surface area (Å²) < 4.78 is 0. The Morgan fingerprint density at radius 2 is 2.00 bits per heavy atom. The van der Waals surface area contributed by atoms with Crippen molar-refractivity contribution in [3.05, 3.63) is 23.3 Å². The van der Waals surface area contributed by atoms with Crippen LogP contribution >= 0.6 is 0 Å². The third kappa shape index (κ3) is 1.43. The summed E-state index contributed by atoms with van der Waals surface area (Å²) in [6.07, 6.45) is 3.63. The van der Waals surface area contributed by atoms with Crippen LogP contribution in [0.1, 0.15) is 20.3 Å². The molecule has 0 spiro atoms. The van der Waals surface area contributed by atoms with Crippen LogP contribution < -0.4 is 0 Å². The number of hydrogen-bond acceptors (Lipinski definition) is 2. The van der Waals surface area contributed by atoms with Gasteiger partial charge in [0, 0.05) is 0 Å². The average Bonchev–Trinajstić information content (AvgIpc) is 2.02. The summed E-state index contributed by atoms with van der Waals surface area (Å²) in [6.45, 7) is 3.05. The number of aliphatic carboxylic acids is 2. The van der Waals surface area contributed by atoms with Gasteiger partial charge in [0.25, 0.3) is 0 Å². The number of hydrogen-bond donors (Lipinski definition) is 2. The van der Waals surface area contributed by atoms with Crippen molar-refractivity contribution in [2.75, 3.05) is 0 Å². The zero-order valence-corrected chi connectivity index (χ0v) is 8.07. The van der Waals surface area contributed by atoms with Gasteiger partial charge in [-0.05, 0) is 20.3 Å². The summed E-state index contributed by atoms with van der Waals surface area (Å²) >= 11 is 0. The van der Waals surface area contributed by atoms with Gasteiger partial charge in [-0.3, -0.25) is 4.79 Å². The number of carbonyl (C=O) groups is 2. The summed E-state index contributed by atoms with van der Waals surface area (Å²) in [5.41, 5.74) is -0.814. The molecular formula is C10H12O4. The Kier molecular flexibility index (Phi) is 2.47. The molecule has 1 aliphatic rings. The van der Waals surface area contributed by atoms with Crippen molar-refractivity contribution >= 4 is 11.9 Å². The summed E-state index contributed by atoms with van der Waals surface area (Å²) in [5, 5.41) is 17.9. The first-order valence-corrected chi connectivity index (χ1v) is 4.24. The van der Waals surface area contributed by atoms with Gasteiger partial charge in [-0.15, -0.1) is 0 Å². The molecule has 0 aromatic rings. The lowest BCUT2D eigenvalue weighted by Gasteiger charge is -2.26. The van der Waals surface area contributed by atoms with Crippen LogP contribution in [0.4, 0.5) is 0 Å². The van der Waals surface area contributed by atoms with Gasteiger partial charge in [0.1, 0.15) is 5.41 Å². The second-order valence-corrected chi connectivity index (χ2v) is 3.57. The maximum absolute atomic E-state index is 11.0. The van der Waals surface area contributed by atoms with Gasteiger partial charge in [0.05, 0.1) is 5.57 Å². The Morgan fingerprint density at radius 1 is 1.43 bits per heavy atom. The normalized spacial score (nSPS) is 26.4. The second kappa shape index (κ2) is 3.29. The fourth-order valence-corrected chi connectivity index (χ4v) is 1.68. The molecule has 0 aromatic heterocycles. The van der Waals surface area contributed by atoms with E-state index in [1.807, 2.05) is 0 Å². The van der Waals surface area contributed by atoms with E-state index in [-0.39, 0.29) is 5.57 Å². The summed E-state index contributed by atoms with van der Waals surface area (Å²) in [5.74, 6) is -2.29. The van der Waals surface area contributed by atoms with Gasteiger partial charge in [0.15, 0.2) is 0 Å². The lowest BCUT2D eigenvalue weighted by molar-refractivity contribution is -0.146. The molecule has 0 saturated heterocycles. The molecule has 4 heteroatoms. The van der Waals surface area contributed by atoms with Crippen LogP contribution in [0, 0.1) is 5.41 Å². The van der Waals surface area contributed by atoms with E-state index in [0.717, 1.165) is 0 Å². The van der Waals surface area contributed by atoms with E-state index in [0.29, 0.717) is 12.0 Å². The molecule has 2 N–H and O–H groups in total. The molecule has 0 bridgehead atoms. The minimum atomic E-state index is -1.39. The lowest BCUT2D eigenvalue weighted by Crippen LogP contribution is -2.33. The van der Waals surface area contributed by atoms with Crippen molar-refractivity contribution in [3.63, 3.8) is 0 Å². The summed E-state index contributed by atoms with van der Waals surface area (Å²) in [6, 6.07) is 0. The molecule has 1 unspecified atom stereocenters. The predicted molar refractivity (Wildman–Crippen MR) is 49.8 cm³/mol. The van der Waals surface area contributed by atoms with E-state index >= 15 is 0 Å². The highest BCUT2D eigenvalue weighted by Crippen LogP contribution is 2.36. The molecule has 14 heavy (non-hydrogen) atoms. The quantitative estimate of drug-likeness (QED) is 0.655. The Hall–Kier alpha value is -1.58. The molecule has 0 saturated carbocycles. The van der Waals surface area contributed by atoms with Crippen molar-refractivity contribution in [3.8, 4) is 0 Å². The van der Waals surface area contributed by atoms with Gasteiger partial charge in [-0.1, -0.05) is 17.7 Å². The van der Waals surface area contributed by atoms with Crippen molar-refractivity contribution in [1.82, 2.24) is 0 Å². The van der Waals surface area contributed by atoms with E-state index in [9.17, 15) is 9.59 Å². The average molecular weight is 196 g/mol. The lowest BCUT2D eigenvalue weighted by atomic mass is 9.75. The van der Waals surface area contributed by atoms with Crippen LogP contribution in [0.15, 0.2) is 23.3 Å². The number of rotatable bonds is 2. The van der Waals surface area contributed by atoms with Crippen LogP contribution in [0.2, 0.25) is 0 Å². The molecule has 1 rings (SSSR count). The third-order valence-corrected chi connectivity index (χ3v) is 2.48. The highest BCUT2D eigenvalue weighted by molar-refractivity contribution is 5.98. The summed E-state index contributed by atoms with van der Waals surface area (Å²) in [4.78, 5) is 21.9. The Morgan fingerprint density at radius 3 is 2.36 bits per heavy atom. The maximum Gasteiger partial charge on any atom is 0.333 e. The topological polar surface area (TPSA) is 74.6 Å². The molecule has 76 valence electrons. The molecule has 0 aromatic carbocycles. The van der Waals surface area contributed by atoms with Crippen LogP contribution in [0.5, 0.6) is 0 Å². The minimum Gasteiger partial charge on any atom is -0.480 e. The number of carboxylic acid groups (broad SMARTS) is 2. The van der Waals surface area contributed by atoms with Crippen LogP contribution in [-0.4, -0.2) is 22.2 Å². The number of allylic oxidation sites excluding steroid dienone is 2. The highest BCUT2D eigenvalue weighted by atomic mass is 16.4. The fourth-order valence-electron chi connectivity index (χ4n) is 1.68. The first kappa shape index (κ1) is 10.5. The monoisotopic (exact) mass is 196 g/mol. The smallest absolute Gasteiger partial charge is 0.333 e. The molecule has 1 atom stereocenters. The van der Waals surface area contributed by atoms with Crippen LogP contribution in [0.3, 0.4) is 0 Å². The second-order valence-electron chi connectivity index (χ2n) is 3.57. The van der Waals surface area contributed by atoms with Crippen molar-refractivity contribution in [2.24, 2.45) is 5.41 Å². The standard InChI is InChI=1S/C10H12O4/c1-6-4-3-5-10(2,9(13)14)7(6)8(11)12/h3,5H,4H2,1-2H3,(H,11,12)(H,13,14). The molecule has 0 radical (unpaired) electrons. The molecule has 1 aliphatic carbocycles. The summed E-state index contributed by atoms with van der Waals surface area (Å²) in [7, 11) is 0. The van der Waals surface area contributed by atoms with Gasteiger partial charge in [-0.25, -0.2) is 4.79 Å². The Labute approximate surface area is 81.6 Å². The first-order valence-electron chi connectivity index (χ1n) is 4.24. The molecule has 0 aliphatic heterocycles. The van der Waals surface area contributed by atoms with E-state index in [1.165, 1.54) is 13.0 Å². The van der Waals surface area contributed by atoms with E-state index in [2.05, 4.69) is 0 Å². The zero-order chi connectivity index (χ0) is 10.9. The van der Waals surface area contributed by atoms with Crippen LogP contribution in [-0.2, 0) is 9.59 Å². The van der Waals surface area contributed by atoms with Gasteiger partial charge in [-0.2, -0.15) is 0 Å². The molecule has 0 fully saturated rings. The molecule has 0 amide bonds. The van der Waals surface area contributed by atoms with Crippen molar-refractivity contribution < 1.29 is 19.8 Å². The molecular weight excluding hydrogens is 184 g/mol. The van der Waals surface area contributed by atoms with Gasteiger partial charge < -0.3 is 10.2 Å². The first-order chi connectivity index (χ1) is 6.39. The van der Waals surface area contributed by atoms with Gasteiger partial charge >= 0.3 is 11.9 Å². The van der Waals surface area contributed by atoms with Crippen molar-refractivity contribution in [2.45, 2.75) is 20.3 Å². The minimum absolute atomic E-state index is 0.0208. The fraction of sp³-hybridized carbons (Fsp3) is 0.400. The van der Waals surface area contributed by atoms with Crippen LogP contribution in [0.25, 0.3) is 0 Å². The van der Waals surface area contributed by atoms with Gasteiger partial charge in [0.2, 0.25) is 0 Å². The highest BCUT2D eigenvalue weighted by Gasteiger charge is 2.41. The van der Waals surface area contributed by atoms with E-state index in [1.54, 1.807) is 13.0 Å². The zero-order valence-electron chi connectivity index (χ0n) is 8.07. The largest absolute Gasteiger partial charge is 0.480 e. The third-order valence-electron chi connectivity index (χ3n) is 2.48. The number of carboxylic acids is 2.